The van der Waals surface area contributed by atoms with Gasteiger partial charge in [0.2, 0.25) is 0 Å². The van der Waals surface area contributed by atoms with Crippen LogP contribution in [0.15, 0.2) is 52.7 Å². The van der Waals surface area contributed by atoms with Gasteiger partial charge in [-0.2, -0.15) is 26.3 Å². The number of hydrogen-bond donors (Lipinski definition) is 0. The van der Waals surface area contributed by atoms with Gasteiger partial charge in [0.15, 0.2) is 0 Å². The molecule has 2 aromatic heterocycles. The lowest BCUT2D eigenvalue weighted by atomic mass is 9.93. The number of amides is 1. The van der Waals surface area contributed by atoms with Crippen molar-refractivity contribution in [3.05, 3.63) is 65.2 Å². The molecule has 0 spiro atoms. The molecule has 1 aliphatic heterocycles. The molecule has 15 heteroatoms. The SMILES string of the molecule is C=C(C=C(C=CC1OC(=O)N(Cc2cc(-c3c(C)noc3C(=O)OCC)cnc2N(CC)C2CCCCC2)C1C)C(F)(F)F)C(F)(F)F. The highest BCUT2D eigenvalue weighted by atomic mass is 19.4. The van der Waals surface area contributed by atoms with Crippen molar-refractivity contribution in [2.45, 2.75) is 96.9 Å². The number of ether oxygens (including phenoxy) is 2. The molecule has 1 amide bonds. The molecule has 0 N–H and O–H groups in total. The highest BCUT2D eigenvalue weighted by Crippen LogP contribution is 2.36. The Hall–Kier alpha value is -4.30. The summed E-state index contributed by atoms with van der Waals surface area (Å²) in [5.41, 5.74) is -1.47. The van der Waals surface area contributed by atoms with Crippen molar-refractivity contribution in [2.75, 3.05) is 18.1 Å². The number of esters is 1. The highest BCUT2D eigenvalue weighted by Gasteiger charge is 2.40. The van der Waals surface area contributed by atoms with Crippen LogP contribution in [0.4, 0.5) is 37.0 Å². The Kier molecular flexibility index (Phi) is 11.3. The second kappa shape index (κ2) is 14.9. The first-order valence-electron chi connectivity index (χ1n) is 15.7. The summed E-state index contributed by atoms with van der Waals surface area (Å²) in [5.74, 6) is -0.240. The van der Waals surface area contributed by atoms with Crippen molar-refractivity contribution in [2.24, 2.45) is 0 Å². The van der Waals surface area contributed by atoms with Crippen LogP contribution in [0.2, 0.25) is 0 Å². The van der Waals surface area contributed by atoms with E-state index in [4.69, 9.17) is 19.0 Å². The number of carbonyl (C=O) groups is 2. The highest BCUT2D eigenvalue weighted by molar-refractivity contribution is 5.95. The van der Waals surface area contributed by atoms with Crippen LogP contribution in [0.25, 0.3) is 11.1 Å². The van der Waals surface area contributed by atoms with Gasteiger partial charge in [0.05, 0.1) is 36.0 Å². The fourth-order valence-corrected chi connectivity index (χ4v) is 5.94. The fourth-order valence-electron chi connectivity index (χ4n) is 5.94. The lowest BCUT2D eigenvalue weighted by Crippen LogP contribution is -2.39. The van der Waals surface area contributed by atoms with Gasteiger partial charge in [-0.3, -0.25) is 4.90 Å². The topological polar surface area (TPSA) is 98.0 Å². The zero-order valence-electron chi connectivity index (χ0n) is 27.1. The average Bonchev–Trinajstić information content (AvgIpc) is 3.54. The van der Waals surface area contributed by atoms with E-state index in [9.17, 15) is 35.9 Å². The van der Waals surface area contributed by atoms with Gasteiger partial charge < -0.3 is 18.9 Å². The number of pyridine rings is 1. The van der Waals surface area contributed by atoms with E-state index in [-0.39, 0.29) is 31.0 Å². The standard InChI is InChI=1S/C33H38F6N4O5/c1-6-42(25-11-9-8-10-12-25)29-23(16-22(17-40-29)27-20(4)41-48-28(27)30(44)46-7-2)18-43-21(5)26(47-31(43)45)14-13-24(33(37,38)39)15-19(3)32(34,35)36/h13-17,21,25-26H,3,6-12,18H2,1-2,4-5H3. The minimum absolute atomic E-state index is 0.0738. The quantitative estimate of drug-likeness (QED) is 0.133. The number of halogens is 6. The number of carbonyl (C=O) groups excluding carboxylic acids is 2. The number of rotatable bonds is 11. The van der Waals surface area contributed by atoms with Crippen molar-refractivity contribution >= 4 is 17.9 Å². The molecule has 3 heterocycles. The van der Waals surface area contributed by atoms with Gasteiger partial charge in [-0.05, 0) is 58.8 Å². The van der Waals surface area contributed by atoms with E-state index in [1.54, 1.807) is 33.0 Å². The van der Waals surface area contributed by atoms with Crippen molar-refractivity contribution in [1.29, 1.82) is 0 Å². The first kappa shape index (κ1) is 36.5. The molecule has 2 unspecified atom stereocenters. The zero-order valence-corrected chi connectivity index (χ0v) is 27.1. The molecule has 0 radical (unpaired) electrons. The number of cyclic esters (lactones) is 1. The second-order valence-electron chi connectivity index (χ2n) is 11.7. The third kappa shape index (κ3) is 8.21. The van der Waals surface area contributed by atoms with E-state index in [1.165, 1.54) is 4.90 Å². The molecular weight excluding hydrogens is 646 g/mol. The smallest absolute Gasteiger partial charge is 0.416 e. The van der Waals surface area contributed by atoms with E-state index >= 15 is 0 Å². The molecule has 2 aromatic rings. The largest absolute Gasteiger partial charge is 0.460 e. The lowest BCUT2D eigenvalue weighted by Gasteiger charge is -2.36. The number of alkyl halides is 6. The van der Waals surface area contributed by atoms with Crippen LogP contribution in [0.1, 0.15) is 74.7 Å². The summed E-state index contributed by atoms with van der Waals surface area (Å²) in [6.07, 6.45) is -4.26. The van der Waals surface area contributed by atoms with E-state index in [0.717, 1.165) is 38.2 Å². The molecular formula is C33H38F6N4O5. The van der Waals surface area contributed by atoms with Crippen molar-refractivity contribution < 1.29 is 49.9 Å². The Morgan fingerprint density at radius 2 is 1.83 bits per heavy atom. The predicted octanol–water partition coefficient (Wildman–Crippen LogP) is 8.25. The van der Waals surface area contributed by atoms with Gasteiger partial charge in [0.1, 0.15) is 11.9 Å². The Bertz CT molecular complexity index is 1560. The summed E-state index contributed by atoms with van der Waals surface area (Å²) < 4.78 is 95.4. The lowest BCUT2D eigenvalue weighted by molar-refractivity contribution is -0.0932. The summed E-state index contributed by atoms with van der Waals surface area (Å²) in [4.78, 5) is 34.0. The molecule has 2 fully saturated rings. The van der Waals surface area contributed by atoms with Gasteiger partial charge in [-0.15, -0.1) is 0 Å². The summed E-state index contributed by atoms with van der Waals surface area (Å²) in [6, 6.07) is 1.13. The third-order valence-electron chi connectivity index (χ3n) is 8.45. The van der Waals surface area contributed by atoms with Gasteiger partial charge in [0.25, 0.3) is 5.76 Å². The maximum Gasteiger partial charge on any atom is 0.416 e. The average molecular weight is 685 g/mol. The molecule has 2 atom stereocenters. The Labute approximate surface area is 274 Å². The molecule has 1 saturated carbocycles. The molecule has 1 aliphatic carbocycles. The molecule has 48 heavy (non-hydrogen) atoms. The molecule has 2 aliphatic rings. The van der Waals surface area contributed by atoms with Crippen LogP contribution in [0.5, 0.6) is 0 Å². The van der Waals surface area contributed by atoms with Crippen LogP contribution >= 0.6 is 0 Å². The zero-order chi connectivity index (χ0) is 35.4. The number of aryl methyl sites for hydroxylation is 1. The van der Waals surface area contributed by atoms with Crippen LogP contribution < -0.4 is 4.90 Å². The third-order valence-corrected chi connectivity index (χ3v) is 8.45. The summed E-state index contributed by atoms with van der Waals surface area (Å²) >= 11 is 0. The van der Waals surface area contributed by atoms with Crippen LogP contribution in [0.3, 0.4) is 0 Å². The Morgan fingerprint density at radius 1 is 1.15 bits per heavy atom. The maximum atomic E-state index is 13.6. The fraction of sp³-hybridized carbons (Fsp3) is 0.515. The van der Waals surface area contributed by atoms with Crippen molar-refractivity contribution in [3.8, 4) is 11.1 Å². The first-order valence-corrected chi connectivity index (χ1v) is 15.7. The first-order chi connectivity index (χ1) is 22.6. The molecule has 0 bridgehead atoms. The molecule has 1 saturated heterocycles. The Morgan fingerprint density at radius 3 is 2.44 bits per heavy atom. The number of allylic oxidation sites excluding steroid dienone is 4. The predicted molar refractivity (Wildman–Crippen MR) is 164 cm³/mol. The molecule has 9 nitrogen and oxygen atoms in total. The maximum absolute atomic E-state index is 13.6. The summed E-state index contributed by atoms with van der Waals surface area (Å²) in [7, 11) is 0. The van der Waals surface area contributed by atoms with Crippen molar-refractivity contribution in [3.63, 3.8) is 0 Å². The minimum atomic E-state index is -5.12. The van der Waals surface area contributed by atoms with E-state index in [2.05, 4.69) is 16.6 Å². The number of nitrogens with zero attached hydrogens (tertiary/aromatic N) is 4. The van der Waals surface area contributed by atoms with Crippen LogP contribution in [-0.2, 0) is 16.0 Å². The molecule has 0 aromatic carbocycles. The van der Waals surface area contributed by atoms with Gasteiger partial charge in [-0.25, -0.2) is 14.6 Å². The van der Waals surface area contributed by atoms with E-state index in [1.807, 2.05) is 6.92 Å². The Balaban J connectivity index is 1.71. The molecule has 4 rings (SSSR count). The van der Waals surface area contributed by atoms with Crippen molar-refractivity contribution in [1.82, 2.24) is 15.0 Å². The number of aromatic nitrogens is 2. The van der Waals surface area contributed by atoms with Gasteiger partial charge in [0, 0.05) is 35.5 Å². The van der Waals surface area contributed by atoms with Gasteiger partial charge >= 0.3 is 24.4 Å². The number of hydrogen-bond acceptors (Lipinski definition) is 8. The molecule has 262 valence electrons. The summed E-state index contributed by atoms with van der Waals surface area (Å²) in [6.45, 7) is 10.2. The van der Waals surface area contributed by atoms with Crippen LogP contribution in [-0.4, -0.2) is 70.8 Å². The minimum Gasteiger partial charge on any atom is -0.460 e. The monoisotopic (exact) mass is 684 g/mol. The number of anilines is 1. The van der Waals surface area contributed by atoms with E-state index in [0.29, 0.717) is 40.8 Å². The van der Waals surface area contributed by atoms with Gasteiger partial charge in [-0.1, -0.05) is 37.1 Å². The van der Waals surface area contributed by atoms with Crippen LogP contribution in [0, 0.1) is 6.92 Å². The normalized spacial score (nSPS) is 19.6. The summed E-state index contributed by atoms with van der Waals surface area (Å²) in [5, 5.41) is 3.93. The van der Waals surface area contributed by atoms with E-state index < -0.39 is 47.7 Å². The second-order valence-corrected chi connectivity index (χ2v) is 11.7.